The van der Waals surface area contributed by atoms with Gasteiger partial charge in [0.15, 0.2) is 0 Å². The Labute approximate surface area is 117 Å². The summed E-state index contributed by atoms with van der Waals surface area (Å²) in [5.41, 5.74) is 0. The number of carbonyl (C=O) groups is 1. The molecule has 2 aromatic rings. The Morgan fingerprint density at radius 1 is 1.42 bits per heavy atom. The van der Waals surface area contributed by atoms with Gasteiger partial charge in [-0.3, -0.25) is 4.79 Å². The van der Waals surface area contributed by atoms with Crippen LogP contribution in [-0.4, -0.2) is 37.0 Å². The number of hydrogen-bond acceptors (Lipinski definition) is 3. The van der Waals surface area contributed by atoms with Crippen molar-refractivity contribution in [2.45, 2.75) is 18.9 Å². The molecule has 2 heterocycles. The van der Waals surface area contributed by atoms with Gasteiger partial charge in [0.1, 0.15) is 0 Å². The molecule has 1 saturated heterocycles. The van der Waals surface area contributed by atoms with Gasteiger partial charge in [-0.15, -0.1) is 11.3 Å². The van der Waals surface area contributed by atoms with Crippen LogP contribution >= 0.6 is 11.3 Å². The zero-order valence-electron chi connectivity index (χ0n) is 11.1. The first-order chi connectivity index (χ1) is 9.28. The number of likely N-dealkylation sites (N-methyl/N-ethyl adjacent to an activating group) is 1. The van der Waals surface area contributed by atoms with Crippen LogP contribution in [-0.2, 0) is 0 Å². The molecular formula is C15H18N2OS. The highest BCUT2D eigenvalue weighted by molar-refractivity contribution is 7.20. The van der Waals surface area contributed by atoms with Crippen LogP contribution in [0.25, 0.3) is 10.1 Å². The van der Waals surface area contributed by atoms with Crippen LogP contribution in [0.4, 0.5) is 0 Å². The average Bonchev–Trinajstić information content (AvgIpc) is 2.90. The van der Waals surface area contributed by atoms with E-state index in [1.807, 2.05) is 30.1 Å². The fourth-order valence-corrected chi connectivity index (χ4v) is 3.67. The number of nitrogens with one attached hydrogen (secondary N) is 1. The van der Waals surface area contributed by atoms with Crippen LogP contribution in [0.3, 0.4) is 0 Å². The molecule has 0 spiro atoms. The van der Waals surface area contributed by atoms with Crippen molar-refractivity contribution in [3.63, 3.8) is 0 Å². The van der Waals surface area contributed by atoms with Gasteiger partial charge in [-0.25, -0.2) is 0 Å². The standard InChI is InChI=1S/C15H18N2OS/c1-16-12-6-4-8-17(10-12)15(18)14-9-11-5-2-3-7-13(11)19-14/h2-3,5,7,9,12,16H,4,6,8,10H2,1H3/t12-/m1/s1. The smallest absolute Gasteiger partial charge is 0.264 e. The lowest BCUT2D eigenvalue weighted by Crippen LogP contribution is -2.46. The number of carbonyl (C=O) groups excluding carboxylic acids is 1. The van der Waals surface area contributed by atoms with Crippen LogP contribution < -0.4 is 5.32 Å². The Balaban J connectivity index is 1.82. The molecule has 1 N–H and O–H groups in total. The largest absolute Gasteiger partial charge is 0.336 e. The summed E-state index contributed by atoms with van der Waals surface area (Å²) in [6.45, 7) is 1.70. The van der Waals surface area contributed by atoms with E-state index in [9.17, 15) is 4.79 Å². The summed E-state index contributed by atoms with van der Waals surface area (Å²) in [4.78, 5) is 15.4. The lowest BCUT2D eigenvalue weighted by atomic mass is 10.1. The van der Waals surface area contributed by atoms with Gasteiger partial charge in [0.25, 0.3) is 5.91 Å². The van der Waals surface area contributed by atoms with Crippen molar-refractivity contribution < 1.29 is 4.79 Å². The molecule has 0 aliphatic carbocycles. The summed E-state index contributed by atoms with van der Waals surface area (Å²) in [6, 6.07) is 10.6. The van der Waals surface area contributed by atoms with E-state index in [0.717, 1.165) is 36.2 Å². The number of thiophene rings is 1. The molecule has 0 bridgehead atoms. The molecule has 3 rings (SSSR count). The van der Waals surface area contributed by atoms with Gasteiger partial charge < -0.3 is 10.2 Å². The SMILES string of the molecule is CN[C@@H]1CCCN(C(=O)c2cc3ccccc3s2)C1. The molecule has 1 fully saturated rings. The van der Waals surface area contributed by atoms with Crippen molar-refractivity contribution in [2.24, 2.45) is 0 Å². The lowest BCUT2D eigenvalue weighted by Gasteiger charge is -2.32. The van der Waals surface area contributed by atoms with Gasteiger partial charge >= 0.3 is 0 Å². The first kappa shape index (κ1) is 12.6. The van der Waals surface area contributed by atoms with E-state index in [0.29, 0.717) is 6.04 Å². The second-order valence-corrected chi connectivity index (χ2v) is 6.11. The molecule has 1 aromatic heterocycles. The van der Waals surface area contributed by atoms with Crippen LogP contribution in [0.5, 0.6) is 0 Å². The second kappa shape index (κ2) is 5.31. The summed E-state index contributed by atoms with van der Waals surface area (Å²) in [5, 5.41) is 4.44. The Bertz CT molecular complexity index is 560. The topological polar surface area (TPSA) is 32.3 Å². The van der Waals surface area contributed by atoms with E-state index in [4.69, 9.17) is 0 Å². The Kier molecular flexibility index (Phi) is 3.53. The Morgan fingerprint density at radius 2 is 2.26 bits per heavy atom. The third-order valence-electron chi connectivity index (χ3n) is 3.75. The monoisotopic (exact) mass is 274 g/mol. The number of piperidine rings is 1. The van der Waals surface area contributed by atoms with Crippen LogP contribution in [0.15, 0.2) is 30.3 Å². The van der Waals surface area contributed by atoms with Gasteiger partial charge in [-0.2, -0.15) is 0 Å². The summed E-state index contributed by atoms with van der Waals surface area (Å²) in [6.07, 6.45) is 2.24. The summed E-state index contributed by atoms with van der Waals surface area (Å²) >= 11 is 1.60. The number of likely N-dealkylation sites (tertiary alicyclic amines) is 1. The van der Waals surface area contributed by atoms with Gasteiger partial charge in [-0.05, 0) is 37.4 Å². The number of nitrogens with zero attached hydrogens (tertiary/aromatic N) is 1. The molecule has 1 aromatic carbocycles. The van der Waals surface area contributed by atoms with Crippen LogP contribution in [0.1, 0.15) is 22.5 Å². The minimum atomic E-state index is 0.182. The quantitative estimate of drug-likeness (QED) is 0.913. The minimum Gasteiger partial charge on any atom is -0.336 e. The highest BCUT2D eigenvalue weighted by atomic mass is 32.1. The van der Waals surface area contributed by atoms with Crippen LogP contribution in [0, 0.1) is 0 Å². The molecule has 1 amide bonds. The molecule has 100 valence electrons. The molecule has 0 unspecified atom stereocenters. The number of benzene rings is 1. The van der Waals surface area contributed by atoms with Crippen molar-refractivity contribution in [1.29, 1.82) is 0 Å². The molecule has 1 aliphatic rings. The predicted molar refractivity (Wildman–Crippen MR) is 79.8 cm³/mol. The first-order valence-corrected chi connectivity index (χ1v) is 7.54. The summed E-state index contributed by atoms with van der Waals surface area (Å²) < 4.78 is 1.19. The average molecular weight is 274 g/mol. The number of rotatable bonds is 2. The zero-order chi connectivity index (χ0) is 13.2. The van der Waals surface area contributed by atoms with Crippen molar-refractivity contribution in [2.75, 3.05) is 20.1 Å². The van der Waals surface area contributed by atoms with Crippen molar-refractivity contribution in [1.82, 2.24) is 10.2 Å². The van der Waals surface area contributed by atoms with Crippen molar-refractivity contribution >= 4 is 27.3 Å². The zero-order valence-corrected chi connectivity index (χ0v) is 11.9. The molecule has 4 heteroatoms. The summed E-state index contributed by atoms with van der Waals surface area (Å²) in [7, 11) is 1.97. The lowest BCUT2D eigenvalue weighted by molar-refractivity contribution is 0.0703. The summed E-state index contributed by atoms with van der Waals surface area (Å²) in [5.74, 6) is 0.182. The molecule has 0 saturated carbocycles. The fraction of sp³-hybridized carbons (Fsp3) is 0.400. The maximum Gasteiger partial charge on any atom is 0.264 e. The maximum absolute atomic E-state index is 12.5. The van der Waals surface area contributed by atoms with E-state index in [-0.39, 0.29) is 5.91 Å². The Morgan fingerprint density at radius 3 is 3.05 bits per heavy atom. The molecule has 1 aliphatic heterocycles. The first-order valence-electron chi connectivity index (χ1n) is 6.73. The molecular weight excluding hydrogens is 256 g/mol. The van der Waals surface area contributed by atoms with Gasteiger partial charge in [0.05, 0.1) is 4.88 Å². The third kappa shape index (κ3) is 2.51. The Hall–Kier alpha value is -1.39. The number of fused-ring (bicyclic) bond motifs is 1. The number of amides is 1. The second-order valence-electron chi connectivity index (χ2n) is 5.03. The van der Waals surface area contributed by atoms with Gasteiger partial charge in [0.2, 0.25) is 0 Å². The predicted octanol–water partition coefficient (Wildman–Crippen LogP) is 2.73. The van der Waals surface area contributed by atoms with Crippen LogP contribution in [0.2, 0.25) is 0 Å². The van der Waals surface area contributed by atoms with Gasteiger partial charge in [-0.1, -0.05) is 18.2 Å². The minimum absolute atomic E-state index is 0.182. The van der Waals surface area contributed by atoms with Gasteiger partial charge in [0, 0.05) is 23.8 Å². The number of hydrogen-bond donors (Lipinski definition) is 1. The highest BCUT2D eigenvalue weighted by Crippen LogP contribution is 2.27. The van der Waals surface area contributed by atoms with E-state index < -0.39 is 0 Å². The van der Waals surface area contributed by atoms with E-state index in [1.54, 1.807) is 11.3 Å². The van der Waals surface area contributed by atoms with E-state index >= 15 is 0 Å². The van der Waals surface area contributed by atoms with Crippen molar-refractivity contribution in [3.05, 3.63) is 35.2 Å². The molecule has 1 atom stereocenters. The molecule has 3 nitrogen and oxygen atoms in total. The van der Waals surface area contributed by atoms with Crippen molar-refractivity contribution in [3.8, 4) is 0 Å². The normalized spacial score (nSPS) is 19.8. The third-order valence-corrected chi connectivity index (χ3v) is 4.86. The van der Waals surface area contributed by atoms with E-state index in [1.165, 1.54) is 4.70 Å². The van der Waals surface area contributed by atoms with E-state index in [2.05, 4.69) is 17.4 Å². The highest BCUT2D eigenvalue weighted by Gasteiger charge is 2.24. The maximum atomic E-state index is 12.5. The fourth-order valence-electron chi connectivity index (χ4n) is 2.64. The molecule has 19 heavy (non-hydrogen) atoms. The molecule has 0 radical (unpaired) electrons.